The SMILES string of the molecule is O=C(NC(c1ccccc1)c1cccc(OCc2ccc(C(=O)OCCOCCNC[C@@H](O)c3ccc(O)c4[nH]c(=O)ccc34)cc2)c1)O[C@H]1CN2CCC1CC2. The van der Waals surface area contributed by atoms with E-state index in [2.05, 4.69) is 20.5 Å². The molecule has 13 nitrogen and oxygen atoms in total. The van der Waals surface area contributed by atoms with E-state index in [9.17, 15) is 24.6 Å². The van der Waals surface area contributed by atoms with Gasteiger partial charge in [-0.15, -0.1) is 0 Å². The second-order valence-electron chi connectivity index (χ2n) is 14.4. The van der Waals surface area contributed by atoms with Crippen LogP contribution >= 0.6 is 0 Å². The van der Waals surface area contributed by atoms with Gasteiger partial charge in [0.15, 0.2) is 0 Å². The Morgan fingerprint density at radius 3 is 2.44 bits per heavy atom. The number of aromatic hydroxyl groups is 1. The van der Waals surface area contributed by atoms with Crippen LogP contribution in [-0.4, -0.2) is 90.8 Å². The number of amides is 1. The third kappa shape index (κ3) is 10.4. The number of fused-ring (bicyclic) bond motifs is 4. The van der Waals surface area contributed by atoms with E-state index in [1.165, 1.54) is 12.1 Å². The highest BCUT2D eigenvalue weighted by atomic mass is 16.6. The minimum atomic E-state index is -0.873. The summed E-state index contributed by atoms with van der Waals surface area (Å²) in [7, 11) is 0. The van der Waals surface area contributed by atoms with Gasteiger partial charge in [-0.3, -0.25) is 9.69 Å². The van der Waals surface area contributed by atoms with Gasteiger partial charge in [-0.25, -0.2) is 9.59 Å². The number of pyridine rings is 1. The molecule has 3 saturated heterocycles. The fourth-order valence-corrected chi connectivity index (χ4v) is 7.45. The van der Waals surface area contributed by atoms with Crippen molar-refractivity contribution in [1.82, 2.24) is 20.5 Å². The molecule has 0 radical (unpaired) electrons. The number of nitrogens with zero attached hydrogens (tertiary/aromatic N) is 1. The summed E-state index contributed by atoms with van der Waals surface area (Å²) in [5.74, 6) is 0.526. The van der Waals surface area contributed by atoms with Crippen molar-refractivity contribution in [3.05, 3.63) is 141 Å². The summed E-state index contributed by atoms with van der Waals surface area (Å²) < 4.78 is 23.0. The zero-order valence-corrected chi connectivity index (χ0v) is 31.6. The van der Waals surface area contributed by atoms with Crippen LogP contribution in [0.15, 0.2) is 108 Å². The number of nitrogens with one attached hydrogen (secondary N) is 3. The molecular weight excluding hydrogens is 729 g/mol. The van der Waals surface area contributed by atoms with E-state index in [-0.39, 0.29) is 49.3 Å². The molecule has 1 aromatic heterocycles. The third-order valence-electron chi connectivity index (χ3n) is 10.5. The van der Waals surface area contributed by atoms with Crippen molar-refractivity contribution >= 4 is 23.0 Å². The van der Waals surface area contributed by atoms with Crippen LogP contribution in [0, 0.1) is 5.92 Å². The molecule has 3 fully saturated rings. The number of esters is 1. The zero-order valence-electron chi connectivity index (χ0n) is 31.6. The molecule has 5 aromatic rings. The topological polar surface area (TPSA) is 172 Å². The molecule has 5 N–H and O–H groups in total. The van der Waals surface area contributed by atoms with Gasteiger partial charge >= 0.3 is 12.1 Å². The molecule has 4 heterocycles. The van der Waals surface area contributed by atoms with Crippen molar-refractivity contribution in [1.29, 1.82) is 0 Å². The van der Waals surface area contributed by atoms with Gasteiger partial charge in [-0.2, -0.15) is 0 Å². The summed E-state index contributed by atoms with van der Waals surface area (Å²) in [6, 6.07) is 30.0. The number of aliphatic hydroxyl groups excluding tert-OH is 1. The molecule has 3 aliphatic heterocycles. The van der Waals surface area contributed by atoms with Crippen LogP contribution in [0.4, 0.5) is 4.79 Å². The van der Waals surface area contributed by atoms with Crippen LogP contribution in [0.25, 0.3) is 10.9 Å². The van der Waals surface area contributed by atoms with E-state index in [1.54, 1.807) is 24.3 Å². The minimum absolute atomic E-state index is 0.0654. The molecule has 0 saturated carbocycles. The molecular formula is C44H48N4O9. The number of hydrogen-bond donors (Lipinski definition) is 5. The summed E-state index contributed by atoms with van der Waals surface area (Å²) in [6.45, 7) is 4.51. The lowest BCUT2D eigenvalue weighted by Crippen LogP contribution is -2.52. The molecule has 1 amide bonds. The number of H-pyrrole nitrogens is 1. The normalized spacial score (nSPS) is 18.4. The summed E-state index contributed by atoms with van der Waals surface area (Å²) in [5, 5.41) is 27.5. The molecule has 0 aliphatic carbocycles. The second kappa shape index (κ2) is 18.9. The number of piperidine rings is 3. The number of aromatic amines is 1. The van der Waals surface area contributed by atoms with Crippen molar-refractivity contribution < 1.29 is 38.7 Å². The summed E-state index contributed by atoms with van der Waals surface area (Å²) in [6.07, 6.45) is 0.735. The molecule has 3 aliphatic rings. The monoisotopic (exact) mass is 776 g/mol. The predicted molar refractivity (Wildman–Crippen MR) is 213 cm³/mol. The van der Waals surface area contributed by atoms with Gasteiger partial charge in [0.05, 0.1) is 36.4 Å². The maximum absolute atomic E-state index is 13.2. The Morgan fingerprint density at radius 1 is 0.877 bits per heavy atom. The fraction of sp³-hybridized carbons (Fsp3) is 0.341. The molecule has 13 heteroatoms. The zero-order chi connectivity index (χ0) is 39.6. The van der Waals surface area contributed by atoms with Crippen molar-refractivity contribution in [3.63, 3.8) is 0 Å². The van der Waals surface area contributed by atoms with Gasteiger partial charge in [-0.1, -0.05) is 60.7 Å². The lowest BCUT2D eigenvalue weighted by atomic mass is 9.86. The first kappa shape index (κ1) is 39.5. The van der Waals surface area contributed by atoms with E-state index in [1.807, 2.05) is 66.7 Å². The Hall–Kier alpha value is -5.73. The molecule has 298 valence electrons. The lowest BCUT2D eigenvalue weighted by molar-refractivity contribution is -0.0336. The number of benzene rings is 4. The maximum atomic E-state index is 13.2. The number of aliphatic hydroxyl groups is 1. The first-order valence-electron chi connectivity index (χ1n) is 19.4. The molecule has 57 heavy (non-hydrogen) atoms. The number of ether oxygens (including phenoxy) is 4. The Labute approximate surface area is 330 Å². The fourth-order valence-electron chi connectivity index (χ4n) is 7.45. The van der Waals surface area contributed by atoms with E-state index in [0.29, 0.717) is 41.3 Å². The minimum Gasteiger partial charge on any atom is -0.506 e. The van der Waals surface area contributed by atoms with Crippen LogP contribution in [0.1, 0.15) is 57.6 Å². The van der Waals surface area contributed by atoms with Crippen LogP contribution in [0.2, 0.25) is 0 Å². The number of carbonyl (C=O) groups excluding carboxylic acids is 2. The van der Waals surface area contributed by atoms with Crippen LogP contribution in [0.5, 0.6) is 11.5 Å². The van der Waals surface area contributed by atoms with Crippen LogP contribution in [-0.2, 0) is 20.8 Å². The van der Waals surface area contributed by atoms with Gasteiger partial charge in [0.1, 0.15) is 30.8 Å². The highest BCUT2D eigenvalue weighted by Crippen LogP contribution is 2.31. The molecule has 1 unspecified atom stereocenters. The number of hydrogen-bond acceptors (Lipinski definition) is 11. The van der Waals surface area contributed by atoms with E-state index < -0.39 is 24.2 Å². The second-order valence-corrected chi connectivity index (χ2v) is 14.4. The highest BCUT2D eigenvalue weighted by molar-refractivity contribution is 5.89. The van der Waals surface area contributed by atoms with Crippen molar-refractivity contribution in [2.75, 3.05) is 52.5 Å². The van der Waals surface area contributed by atoms with Gasteiger partial charge in [0.25, 0.3) is 0 Å². The number of phenolic OH excluding ortho intramolecular Hbond substituents is 1. The molecule has 4 aromatic carbocycles. The van der Waals surface area contributed by atoms with Gasteiger partial charge in [0, 0.05) is 31.1 Å². The average Bonchev–Trinajstić information content (AvgIpc) is 3.24. The first-order chi connectivity index (χ1) is 27.8. The van der Waals surface area contributed by atoms with E-state index in [0.717, 1.165) is 49.2 Å². The Morgan fingerprint density at radius 2 is 1.67 bits per heavy atom. The molecule has 8 rings (SSSR count). The van der Waals surface area contributed by atoms with Crippen molar-refractivity contribution in [2.45, 2.75) is 37.7 Å². The van der Waals surface area contributed by atoms with E-state index in [4.69, 9.17) is 18.9 Å². The average molecular weight is 777 g/mol. The lowest BCUT2D eigenvalue weighted by Gasteiger charge is -2.43. The van der Waals surface area contributed by atoms with Gasteiger partial charge < -0.3 is 44.8 Å². The summed E-state index contributed by atoms with van der Waals surface area (Å²) >= 11 is 0. The molecule has 2 bridgehead atoms. The summed E-state index contributed by atoms with van der Waals surface area (Å²) in [5.41, 5.74) is 3.58. The standard InChI is InChI=1S/C44H48N4O9/c49-37-15-13-35(36-14-16-40(51)46-42(36)37)38(50)26-45-19-22-54-23-24-55-43(52)32-11-9-29(10-12-32)28-56-34-8-4-7-33(25-34)41(31-5-2-1-3-6-31)47-44(53)57-39-27-48-20-17-30(39)18-21-48/h1-16,25,30,38-39,41,45,49-50H,17-24,26-28H2,(H,46,51)(H,47,53)/t38-,39+,41?/m1/s1. The first-order valence-corrected chi connectivity index (χ1v) is 19.4. The van der Waals surface area contributed by atoms with Crippen molar-refractivity contribution in [2.24, 2.45) is 5.92 Å². The van der Waals surface area contributed by atoms with Gasteiger partial charge in [0.2, 0.25) is 5.56 Å². The van der Waals surface area contributed by atoms with E-state index >= 15 is 0 Å². The number of alkyl carbamates (subject to hydrolysis) is 1. The van der Waals surface area contributed by atoms with Crippen LogP contribution in [0.3, 0.4) is 0 Å². The Balaban J connectivity index is 0.825. The molecule has 3 atom stereocenters. The van der Waals surface area contributed by atoms with Gasteiger partial charge in [-0.05, 0) is 90.5 Å². The highest BCUT2D eigenvalue weighted by Gasteiger charge is 2.37. The predicted octanol–water partition coefficient (Wildman–Crippen LogP) is 5.22. The third-order valence-corrected chi connectivity index (χ3v) is 10.5. The largest absolute Gasteiger partial charge is 0.506 e. The Bertz CT molecular complexity index is 2170. The number of rotatable bonds is 17. The summed E-state index contributed by atoms with van der Waals surface area (Å²) in [4.78, 5) is 42.4. The maximum Gasteiger partial charge on any atom is 0.408 e. The Kier molecular flexibility index (Phi) is 13.1. The number of aromatic nitrogens is 1. The quantitative estimate of drug-likeness (QED) is 0.0620. The number of carbonyl (C=O) groups is 2. The molecule has 0 spiro atoms. The number of phenols is 1. The smallest absolute Gasteiger partial charge is 0.408 e. The van der Waals surface area contributed by atoms with Crippen molar-refractivity contribution in [3.8, 4) is 11.5 Å². The van der Waals surface area contributed by atoms with Crippen LogP contribution < -0.4 is 20.9 Å².